The molecule has 0 saturated carbocycles. The second-order valence-electron chi connectivity index (χ2n) is 4.77. The van der Waals surface area contributed by atoms with E-state index in [0.717, 1.165) is 38.3 Å². The van der Waals surface area contributed by atoms with Crippen LogP contribution < -0.4 is 11.3 Å². The van der Waals surface area contributed by atoms with Crippen molar-refractivity contribution in [3.8, 4) is 0 Å². The predicted octanol–water partition coefficient (Wildman–Crippen LogP) is 2.45. The number of hydrazine groups is 1. The smallest absolute Gasteiger partial charge is 0.373 e. The molecule has 1 atom stereocenters. The molecule has 116 valence electrons. The van der Waals surface area contributed by atoms with E-state index in [1.165, 1.54) is 0 Å². The summed E-state index contributed by atoms with van der Waals surface area (Å²) >= 11 is 0. The molecule has 0 heterocycles. The lowest BCUT2D eigenvalue weighted by molar-refractivity contribution is 0.0307. The van der Waals surface area contributed by atoms with Crippen molar-refractivity contribution in [2.75, 3.05) is 19.8 Å². The summed E-state index contributed by atoms with van der Waals surface area (Å²) in [6.45, 7) is 10.5. The SMILES string of the molecule is CCCO[Si](CCCNN)(OCCC)OC(C)CC. The fourth-order valence-corrected chi connectivity index (χ4v) is 4.67. The van der Waals surface area contributed by atoms with Crippen LogP contribution in [0.4, 0.5) is 0 Å². The molecule has 1 unspecified atom stereocenters. The van der Waals surface area contributed by atoms with E-state index >= 15 is 0 Å². The first-order valence-corrected chi connectivity index (χ1v) is 9.46. The van der Waals surface area contributed by atoms with E-state index in [9.17, 15) is 0 Å². The summed E-state index contributed by atoms with van der Waals surface area (Å²) in [5, 5.41) is 0. The fourth-order valence-electron chi connectivity index (χ4n) is 1.62. The average molecular weight is 292 g/mol. The predicted molar refractivity (Wildman–Crippen MR) is 80.7 cm³/mol. The summed E-state index contributed by atoms with van der Waals surface area (Å²) in [5.41, 5.74) is 2.68. The van der Waals surface area contributed by atoms with Crippen LogP contribution in [0, 0.1) is 0 Å². The minimum atomic E-state index is -2.55. The lowest BCUT2D eigenvalue weighted by atomic mass is 10.3. The Labute approximate surface area is 119 Å². The number of nitrogens with two attached hydrogens (primary N) is 1. The van der Waals surface area contributed by atoms with E-state index in [1.54, 1.807) is 0 Å². The van der Waals surface area contributed by atoms with Gasteiger partial charge in [-0.3, -0.25) is 11.3 Å². The largest absolute Gasteiger partial charge is 0.501 e. The molecule has 0 aromatic carbocycles. The summed E-state index contributed by atoms with van der Waals surface area (Å²) in [4.78, 5) is 0. The monoisotopic (exact) mass is 292 g/mol. The van der Waals surface area contributed by atoms with Crippen molar-refractivity contribution < 1.29 is 13.3 Å². The zero-order valence-corrected chi connectivity index (χ0v) is 14.0. The molecule has 0 aliphatic rings. The molecule has 0 radical (unpaired) electrons. The molecule has 19 heavy (non-hydrogen) atoms. The highest BCUT2D eigenvalue weighted by molar-refractivity contribution is 6.60. The highest BCUT2D eigenvalue weighted by Crippen LogP contribution is 2.21. The molecule has 5 nitrogen and oxygen atoms in total. The molecule has 3 N–H and O–H groups in total. The third-order valence-electron chi connectivity index (χ3n) is 2.81. The molecule has 0 aliphatic heterocycles. The summed E-state index contributed by atoms with van der Waals surface area (Å²) < 4.78 is 18.2. The van der Waals surface area contributed by atoms with E-state index in [2.05, 4.69) is 33.1 Å². The van der Waals surface area contributed by atoms with Crippen molar-refractivity contribution >= 4 is 8.80 Å². The molecule has 0 amide bonds. The van der Waals surface area contributed by atoms with Crippen LogP contribution in [-0.2, 0) is 13.3 Å². The van der Waals surface area contributed by atoms with E-state index in [4.69, 9.17) is 19.1 Å². The number of rotatable bonds is 13. The summed E-state index contributed by atoms with van der Waals surface area (Å²) in [7, 11) is -2.55. The fraction of sp³-hybridized carbons (Fsp3) is 1.00. The topological polar surface area (TPSA) is 65.7 Å². The summed E-state index contributed by atoms with van der Waals surface area (Å²) in [6, 6.07) is 0.821. The van der Waals surface area contributed by atoms with Crippen LogP contribution in [0.25, 0.3) is 0 Å². The Morgan fingerprint density at radius 2 is 1.68 bits per heavy atom. The first-order chi connectivity index (χ1) is 9.14. The lowest BCUT2D eigenvalue weighted by Gasteiger charge is -2.32. The summed E-state index contributed by atoms with van der Waals surface area (Å²) in [5.74, 6) is 5.33. The normalized spacial score (nSPS) is 13.7. The van der Waals surface area contributed by atoms with Crippen LogP contribution in [0.15, 0.2) is 0 Å². The van der Waals surface area contributed by atoms with Gasteiger partial charge in [0.25, 0.3) is 0 Å². The third kappa shape index (κ3) is 8.72. The second-order valence-corrected chi connectivity index (χ2v) is 7.45. The van der Waals surface area contributed by atoms with Crippen molar-refractivity contribution in [2.24, 2.45) is 5.84 Å². The molecule has 0 aromatic heterocycles. The number of hydrogen-bond donors (Lipinski definition) is 2. The van der Waals surface area contributed by atoms with Crippen LogP contribution in [0.2, 0.25) is 6.04 Å². The number of nitrogens with one attached hydrogen (secondary N) is 1. The quantitative estimate of drug-likeness (QED) is 0.236. The average Bonchev–Trinajstić information content (AvgIpc) is 2.43. The Bertz CT molecular complexity index is 200. The molecule has 0 aliphatic carbocycles. The Morgan fingerprint density at radius 1 is 1.11 bits per heavy atom. The minimum Gasteiger partial charge on any atom is -0.373 e. The van der Waals surface area contributed by atoms with Gasteiger partial charge in [-0.25, -0.2) is 0 Å². The van der Waals surface area contributed by atoms with E-state index in [0.29, 0.717) is 13.2 Å². The molecule has 0 spiro atoms. The van der Waals surface area contributed by atoms with Crippen molar-refractivity contribution in [1.29, 1.82) is 0 Å². The van der Waals surface area contributed by atoms with Gasteiger partial charge < -0.3 is 13.3 Å². The third-order valence-corrected chi connectivity index (χ3v) is 5.83. The lowest BCUT2D eigenvalue weighted by Crippen LogP contribution is -2.48. The molecule has 0 aromatic rings. The highest BCUT2D eigenvalue weighted by Gasteiger charge is 2.41. The van der Waals surface area contributed by atoms with Crippen molar-refractivity contribution in [3.63, 3.8) is 0 Å². The Kier molecular flexibility index (Phi) is 11.8. The van der Waals surface area contributed by atoms with E-state index < -0.39 is 8.80 Å². The molecule has 6 heteroatoms. The van der Waals surface area contributed by atoms with Gasteiger partial charge in [0.15, 0.2) is 0 Å². The standard InChI is InChI=1S/C13H32N2O3Si/c1-5-10-16-19(17-11-6-2,12-8-9-15-14)18-13(4)7-3/h13,15H,5-12,14H2,1-4H3. The maximum absolute atomic E-state index is 6.16. The molecular weight excluding hydrogens is 260 g/mol. The maximum Gasteiger partial charge on any atom is 0.501 e. The molecule has 0 fully saturated rings. The van der Waals surface area contributed by atoms with Crippen molar-refractivity contribution in [2.45, 2.75) is 65.5 Å². The van der Waals surface area contributed by atoms with Gasteiger partial charge in [-0.1, -0.05) is 20.8 Å². The van der Waals surface area contributed by atoms with Gasteiger partial charge in [-0.05, 0) is 32.6 Å². The molecule has 0 rings (SSSR count). The minimum absolute atomic E-state index is 0.172. The van der Waals surface area contributed by atoms with Crippen LogP contribution >= 0.6 is 0 Å². The molecule has 0 saturated heterocycles. The Hall–Kier alpha value is 0.0169. The first kappa shape index (κ1) is 19.0. The van der Waals surface area contributed by atoms with Gasteiger partial charge in [0.1, 0.15) is 0 Å². The zero-order chi connectivity index (χ0) is 14.6. The molecule has 0 bridgehead atoms. The Morgan fingerprint density at radius 3 is 2.11 bits per heavy atom. The second kappa shape index (κ2) is 11.8. The van der Waals surface area contributed by atoms with Crippen molar-refractivity contribution in [3.05, 3.63) is 0 Å². The van der Waals surface area contributed by atoms with Gasteiger partial charge in [0.05, 0.1) is 0 Å². The highest BCUT2D eigenvalue weighted by atomic mass is 28.4. The van der Waals surface area contributed by atoms with Gasteiger partial charge >= 0.3 is 8.80 Å². The Balaban J connectivity index is 4.62. The van der Waals surface area contributed by atoms with Crippen LogP contribution in [0.3, 0.4) is 0 Å². The first-order valence-electron chi connectivity index (χ1n) is 7.53. The zero-order valence-electron chi connectivity index (χ0n) is 13.0. The maximum atomic E-state index is 6.16. The van der Waals surface area contributed by atoms with Crippen LogP contribution in [0.1, 0.15) is 53.4 Å². The van der Waals surface area contributed by atoms with Gasteiger partial charge in [0.2, 0.25) is 0 Å². The summed E-state index contributed by atoms with van der Waals surface area (Å²) in [6.07, 6.45) is 4.00. The van der Waals surface area contributed by atoms with Gasteiger partial charge in [-0.15, -0.1) is 0 Å². The van der Waals surface area contributed by atoms with E-state index in [1.807, 2.05) is 0 Å². The van der Waals surface area contributed by atoms with E-state index in [-0.39, 0.29) is 6.10 Å². The van der Waals surface area contributed by atoms with Gasteiger partial charge in [0, 0.05) is 31.9 Å². The van der Waals surface area contributed by atoms with Crippen LogP contribution in [-0.4, -0.2) is 34.7 Å². The van der Waals surface area contributed by atoms with Gasteiger partial charge in [-0.2, -0.15) is 0 Å². The van der Waals surface area contributed by atoms with Crippen LogP contribution in [0.5, 0.6) is 0 Å². The number of hydrogen-bond acceptors (Lipinski definition) is 5. The van der Waals surface area contributed by atoms with Crippen molar-refractivity contribution in [1.82, 2.24) is 5.43 Å². The molecular formula is C13H32N2O3Si.